The molecule has 1 aliphatic heterocycles. The van der Waals surface area contributed by atoms with Gasteiger partial charge in [-0.1, -0.05) is 6.92 Å². The zero-order valence-corrected chi connectivity index (χ0v) is 11.8. The number of rotatable bonds is 4. The molecule has 1 saturated heterocycles. The van der Waals surface area contributed by atoms with E-state index in [-0.39, 0.29) is 11.8 Å². The van der Waals surface area contributed by atoms with Crippen LogP contribution in [-0.2, 0) is 9.59 Å². The number of nitrogens with zero attached hydrogens (tertiary/aromatic N) is 2. The van der Waals surface area contributed by atoms with Crippen LogP contribution in [0.2, 0.25) is 0 Å². The van der Waals surface area contributed by atoms with E-state index in [9.17, 15) is 9.59 Å². The number of amides is 1. The molecule has 2 rings (SSSR count). The summed E-state index contributed by atoms with van der Waals surface area (Å²) >= 11 is 0. The van der Waals surface area contributed by atoms with Crippen LogP contribution >= 0.6 is 0 Å². The van der Waals surface area contributed by atoms with Gasteiger partial charge in [-0.05, 0) is 31.6 Å². The summed E-state index contributed by atoms with van der Waals surface area (Å²) in [5, 5.41) is 8.80. The molecule has 1 heterocycles. The molecule has 0 aromatic carbocycles. The second-order valence-corrected chi connectivity index (χ2v) is 6.15. The molecule has 2 aliphatic rings. The summed E-state index contributed by atoms with van der Waals surface area (Å²) in [7, 11) is 1.89. The van der Waals surface area contributed by atoms with Crippen molar-refractivity contribution in [3.63, 3.8) is 0 Å². The summed E-state index contributed by atoms with van der Waals surface area (Å²) < 4.78 is 0. The molecule has 0 radical (unpaired) electrons. The Bertz CT molecular complexity index is 345. The van der Waals surface area contributed by atoms with E-state index in [4.69, 9.17) is 5.11 Å². The Morgan fingerprint density at radius 1 is 1.21 bits per heavy atom. The second kappa shape index (κ2) is 5.90. The molecule has 0 atom stereocenters. The highest BCUT2D eigenvalue weighted by Crippen LogP contribution is 2.26. The predicted molar refractivity (Wildman–Crippen MR) is 71.8 cm³/mol. The number of carbonyl (C=O) groups excluding carboxylic acids is 1. The van der Waals surface area contributed by atoms with Crippen LogP contribution in [0.3, 0.4) is 0 Å². The van der Waals surface area contributed by atoms with E-state index in [2.05, 4.69) is 6.92 Å². The van der Waals surface area contributed by atoms with Crippen LogP contribution in [0.4, 0.5) is 0 Å². The minimum absolute atomic E-state index is 0.128. The molecule has 108 valence electrons. The van der Waals surface area contributed by atoms with Crippen molar-refractivity contribution in [3.05, 3.63) is 0 Å². The Morgan fingerprint density at radius 2 is 1.79 bits per heavy atom. The van der Waals surface area contributed by atoms with Crippen molar-refractivity contribution in [1.82, 2.24) is 9.80 Å². The number of carboxylic acid groups (broad SMARTS) is 1. The number of aliphatic carboxylic acids is 1. The number of hydrogen-bond acceptors (Lipinski definition) is 3. The normalized spacial score (nSPS) is 28.7. The lowest BCUT2D eigenvalue weighted by molar-refractivity contribution is -0.150. The summed E-state index contributed by atoms with van der Waals surface area (Å²) in [6, 6.07) is 0.375. The van der Waals surface area contributed by atoms with Gasteiger partial charge in [-0.15, -0.1) is 0 Å². The largest absolute Gasteiger partial charge is 0.481 e. The molecular weight excluding hydrogens is 244 g/mol. The van der Waals surface area contributed by atoms with Crippen molar-refractivity contribution in [2.24, 2.45) is 11.8 Å². The van der Waals surface area contributed by atoms with Crippen LogP contribution in [-0.4, -0.2) is 59.5 Å². The van der Waals surface area contributed by atoms with Gasteiger partial charge in [-0.2, -0.15) is 0 Å². The number of hydrogen-bond donors (Lipinski definition) is 1. The van der Waals surface area contributed by atoms with Gasteiger partial charge in [0.05, 0.1) is 12.5 Å². The molecule has 1 N–H and O–H groups in total. The van der Waals surface area contributed by atoms with Crippen molar-refractivity contribution >= 4 is 11.9 Å². The first-order valence-electron chi connectivity index (χ1n) is 7.18. The highest BCUT2D eigenvalue weighted by Gasteiger charge is 2.34. The Balaban J connectivity index is 1.73. The van der Waals surface area contributed by atoms with Crippen LogP contribution in [0, 0.1) is 11.8 Å². The number of carboxylic acids is 1. The molecule has 5 nitrogen and oxygen atoms in total. The highest BCUT2D eigenvalue weighted by molar-refractivity contribution is 5.79. The van der Waals surface area contributed by atoms with Gasteiger partial charge in [0.1, 0.15) is 0 Å². The van der Waals surface area contributed by atoms with E-state index in [1.54, 1.807) is 0 Å². The maximum absolute atomic E-state index is 12.1. The van der Waals surface area contributed by atoms with Crippen molar-refractivity contribution < 1.29 is 14.7 Å². The molecule has 1 saturated carbocycles. The number of carbonyl (C=O) groups is 2. The number of likely N-dealkylation sites (N-methyl/N-ethyl adjacent to an activating group) is 1. The average molecular weight is 268 g/mol. The van der Waals surface area contributed by atoms with Crippen LogP contribution in [0.25, 0.3) is 0 Å². The van der Waals surface area contributed by atoms with E-state index in [0.29, 0.717) is 25.7 Å². The molecule has 5 heteroatoms. The molecule has 0 aromatic rings. The number of likely N-dealkylation sites (tertiary alicyclic amines) is 1. The van der Waals surface area contributed by atoms with Gasteiger partial charge in [0, 0.05) is 26.2 Å². The first kappa shape index (κ1) is 14.3. The molecule has 1 amide bonds. The maximum atomic E-state index is 12.1. The zero-order valence-electron chi connectivity index (χ0n) is 11.8. The third-order valence-corrected chi connectivity index (χ3v) is 4.59. The molecule has 0 bridgehead atoms. The summed E-state index contributed by atoms with van der Waals surface area (Å²) in [6.07, 6.45) is 4.60. The van der Waals surface area contributed by atoms with E-state index in [0.717, 1.165) is 18.8 Å². The zero-order chi connectivity index (χ0) is 14.0. The van der Waals surface area contributed by atoms with E-state index in [1.807, 2.05) is 16.8 Å². The first-order valence-corrected chi connectivity index (χ1v) is 7.18. The monoisotopic (exact) mass is 268 g/mol. The lowest BCUT2D eigenvalue weighted by atomic mass is 9.86. The quantitative estimate of drug-likeness (QED) is 0.827. The fourth-order valence-corrected chi connectivity index (χ4v) is 2.99. The summed E-state index contributed by atoms with van der Waals surface area (Å²) in [5.74, 6) is -0.123. The van der Waals surface area contributed by atoms with Crippen molar-refractivity contribution in [2.45, 2.75) is 38.6 Å². The van der Waals surface area contributed by atoms with Crippen LogP contribution in [0.5, 0.6) is 0 Å². The van der Waals surface area contributed by atoms with Crippen molar-refractivity contribution in [3.8, 4) is 0 Å². The van der Waals surface area contributed by atoms with Gasteiger partial charge in [0.2, 0.25) is 5.91 Å². The Hall–Kier alpha value is -1.10. The molecule has 1 aliphatic carbocycles. The molecule has 2 fully saturated rings. The molecule has 0 unspecified atom stereocenters. The third-order valence-electron chi connectivity index (χ3n) is 4.59. The smallest absolute Gasteiger partial charge is 0.309 e. The average Bonchev–Trinajstić information content (AvgIpc) is 2.32. The minimum Gasteiger partial charge on any atom is -0.481 e. The fourth-order valence-electron chi connectivity index (χ4n) is 2.99. The van der Waals surface area contributed by atoms with E-state index in [1.165, 1.54) is 12.8 Å². The first-order chi connectivity index (χ1) is 8.97. The van der Waals surface area contributed by atoms with Crippen molar-refractivity contribution in [1.29, 1.82) is 0 Å². The standard InChI is InChI=1S/C14H24N2O3/c1-10-3-5-12(6-4-10)15(2)13(17)9-16-7-11(8-16)14(18)19/h10-12H,3-9H2,1-2H3,(H,18,19). The van der Waals surface area contributed by atoms with Gasteiger partial charge in [0.25, 0.3) is 0 Å². The van der Waals surface area contributed by atoms with Gasteiger partial charge < -0.3 is 10.0 Å². The van der Waals surface area contributed by atoms with E-state index < -0.39 is 5.97 Å². The van der Waals surface area contributed by atoms with E-state index >= 15 is 0 Å². The van der Waals surface area contributed by atoms with Crippen LogP contribution in [0.15, 0.2) is 0 Å². The molecule has 19 heavy (non-hydrogen) atoms. The maximum Gasteiger partial charge on any atom is 0.309 e. The lowest BCUT2D eigenvalue weighted by Gasteiger charge is -2.39. The van der Waals surface area contributed by atoms with Crippen LogP contribution < -0.4 is 0 Å². The lowest BCUT2D eigenvalue weighted by Crippen LogP contribution is -2.54. The van der Waals surface area contributed by atoms with Crippen LogP contribution in [0.1, 0.15) is 32.6 Å². The fraction of sp³-hybridized carbons (Fsp3) is 0.857. The Morgan fingerprint density at radius 3 is 2.32 bits per heavy atom. The van der Waals surface area contributed by atoms with Gasteiger partial charge in [-0.25, -0.2) is 0 Å². The Kier molecular flexibility index (Phi) is 4.45. The predicted octanol–water partition coefficient (Wildman–Crippen LogP) is 1.04. The minimum atomic E-state index is -0.752. The molecule has 0 aromatic heterocycles. The summed E-state index contributed by atoms with van der Waals surface area (Å²) in [6.45, 7) is 3.66. The molecular formula is C14H24N2O3. The van der Waals surface area contributed by atoms with Gasteiger partial charge >= 0.3 is 5.97 Å². The SMILES string of the molecule is CC1CCC(N(C)C(=O)CN2CC(C(=O)O)C2)CC1. The van der Waals surface area contributed by atoms with Gasteiger partial charge in [0.15, 0.2) is 0 Å². The third kappa shape index (κ3) is 3.47. The summed E-state index contributed by atoms with van der Waals surface area (Å²) in [4.78, 5) is 26.6. The van der Waals surface area contributed by atoms with Gasteiger partial charge in [-0.3, -0.25) is 14.5 Å². The second-order valence-electron chi connectivity index (χ2n) is 6.15. The highest BCUT2D eigenvalue weighted by atomic mass is 16.4. The van der Waals surface area contributed by atoms with Crippen molar-refractivity contribution in [2.75, 3.05) is 26.7 Å². The Labute approximate surface area is 114 Å². The topological polar surface area (TPSA) is 60.9 Å². The molecule has 0 spiro atoms. The summed E-state index contributed by atoms with van der Waals surface area (Å²) in [5.41, 5.74) is 0.